The lowest BCUT2D eigenvalue weighted by atomic mass is 10.00. The number of amides is 2. The molecule has 0 aliphatic rings. The number of aromatic nitrogens is 1. The molecule has 2 amide bonds. The summed E-state index contributed by atoms with van der Waals surface area (Å²) in [6, 6.07) is 20.1. The predicted molar refractivity (Wildman–Crippen MR) is 139 cm³/mol. The molecule has 2 unspecified atom stereocenters. The Morgan fingerprint density at radius 3 is 2.35 bits per heavy atom. The van der Waals surface area contributed by atoms with Crippen LogP contribution in [0.1, 0.15) is 41.4 Å². The molecule has 1 aromatic heterocycles. The van der Waals surface area contributed by atoms with Gasteiger partial charge in [-0.3, -0.25) is 19.4 Å². The fourth-order valence-electron chi connectivity index (χ4n) is 3.34. The molecule has 0 bridgehead atoms. The van der Waals surface area contributed by atoms with Crippen molar-refractivity contribution < 1.29 is 14.4 Å². The van der Waals surface area contributed by atoms with Crippen molar-refractivity contribution in [2.24, 2.45) is 5.92 Å². The molecule has 178 valence electrons. The predicted octanol–water partition coefficient (Wildman–Crippen LogP) is 5.07. The summed E-state index contributed by atoms with van der Waals surface area (Å²) in [7, 11) is 0. The Bertz CT molecular complexity index is 1100. The minimum atomic E-state index is -0.384. The van der Waals surface area contributed by atoms with E-state index in [1.807, 2.05) is 49.4 Å². The van der Waals surface area contributed by atoms with Crippen LogP contribution in [0.3, 0.4) is 0 Å². The number of pyridine rings is 1. The quantitative estimate of drug-likeness (QED) is 0.431. The second-order valence-corrected chi connectivity index (χ2v) is 8.93. The van der Waals surface area contributed by atoms with Gasteiger partial charge in [0.1, 0.15) is 0 Å². The van der Waals surface area contributed by atoms with E-state index in [2.05, 4.69) is 15.6 Å². The van der Waals surface area contributed by atoms with Crippen LogP contribution in [0.4, 0.5) is 5.69 Å². The molecule has 0 aliphatic heterocycles. The van der Waals surface area contributed by atoms with Gasteiger partial charge in [0.15, 0.2) is 5.12 Å². The van der Waals surface area contributed by atoms with E-state index in [0.717, 1.165) is 22.9 Å². The highest BCUT2D eigenvalue weighted by atomic mass is 35.5. The van der Waals surface area contributed by atoms with Crippen molar-refractivity contribution in [2.75, 3.05) is 11.1 Å². The molecule has 0 aliphatic carbocycles. The van der Waals surface area contributed by atoms with E-state index >= 15 is 0 Å². The van der Waals surface area contributed by atoms with Gasteiger partial charge in [0, 0.05) is 36.3 Å². The van der Waals surface area contributed by atoms with Crippen molar-refractivity contribution in [2.45, 2.75) is 26.3 Å². The molecule has 0 saturated carbocycles. The number of nitrogens with one attached hydrogen (secondary N) is 2. The number of halogens is 1. The van der Waals surface area contributed by atoms with Crippen LogP contribution in [0.25, 0.3) is 0 Å². The van der Waals surface area contributed by atoms with Gasteiger partial charge in [-0.05, 0) is 54.8 Å². The van der Waals surface area contributed by atoms with E-state index < -0.39 is 0 Å². The van der Waals surface area contributed by atoms with Gasteiger partial charge in [0.2, 0.25) is 5.91 Å². The molecule has 2 aromatic carbocycles. The van der Waals surface area contributed by atoms with Crippen molar-refractivity contribution in [1.29, 1.82) is 0 Å². The van der Waals surface area contributed by atoms with Gasteiger partial charge in [0.05, 0.1) is 12.0 Å². The average molecular weight is 498 g/mol. The van der Waals surface area contributed by atoms with Crippen LogP contribution >= 0.6 is 24.2 Å². The molecule has 3 rings (SSSR count). The number of anilines is 1. The number of benzene rings is 2. The second kappa shape index (κ2) is 13.5. The van der Waals surface area contributed by atoms with E-state index in [1.54, 1.807) is 36.7 Å². The molecule has 2 atom stereocenters. The summed E-state index contributed by atoms with van der Waals surface area (Å²) in [5.74, 6) is -0.413. The van der Waals surface area contributed by atoms with Crippen molar-refractivity contribution >= 4 is 46.8 Å². The molecule has 8 heteroatoms. The van der Waals surface area contributed by atoms with Gasteiger partial charge < -0.3 is 10.6 Å². The lowest BCUT2D eigenvalue weighted by Gasteiger charge is -2.17. The molecule has 0 fully saturated rings. The number of carbonyl (C=O) groups is 3. The van der Waals surface area contributed by atoms with Crippen LogP contribution in [-0.4, -0.2) is 27.7 Å². The first-order valence-corrected chi connectivity index (χ1v) is 11.7. The van der Waals surface area contributed by atoms with Crippen LogP contribution in [0.5, 0.6) is 0 Å². The normalized spacial score (nSPS) is 12.1. The Hall–Kier alpha value is -3.16. The van der Waals surface area contributed by atoms with Gasteiger partial charge in [-0.2, -0.15) is 0 Å². The zero-order valence-electron chi connectivity index (χ0n) is 19.1. The first kappa shape index (κ1) is 27.1. The topological polar surface area (TPSA) is 88.2 Å². The van der Waals surface area contributed by atoms with Crippen molar-refractivity contribution in [3.05, 3.63) is 95.8 Å². The Morgan fingerprint density at radius 2 is 1.68 bits per heavy atom. The fourth-order valence-corrected chi connectivity index (χ4v) is 4.05. The Balaban J connectivity index is 0.00000408. The SMILES string of the molecule is CC(=O)SCC(Cc1ccccc1)C(=O)Nc1cccc(C(=O)NC(C)c2ccncc2)c1.Cl. The third-order valence-corrected chi connectivity index (χ3v) is 6.11. The van der Waals surface area contributed by atoms with E-state index in [1.165, 1.54) is 6.92 Å². The van der Waals surface area contributed by atoms with Gasteiger partial charge in [-0.25, -0.2) is 0 Å². The van der Waals surface area contributed by atoms with Crippen LogP contribution in [0, 0.1) is 5.92 Å². The number of nitrogens with zero attached hydrogens (tertiary/aromatic N) is 1. The molecule has 34 heavy (non-hydrogen) atoms. The number of hydrogen-bond donors (Lipinski definition) is 2. The number of carbonyl (C=O) groups excluding carboxylic acids is 3. The van der Waals surface area contributed by atoms with Crippen molar-refractivity contribution in [1.82, 2.24) is 10.3 Å². The number of hydrogen-bond acceptors (Lipinski definition) is 5. The lowest BCUT2D eigenvalue weighted by Crippen LogP contribution is -2.28. The molecule has 0 radical (unpaired) electrons. The fraction of sp³-hybridized carbons (Fsp3) is 0.231. The molecular formula is C26H28ClN3O3S. The summed E-state index contributed by atoms with van der Waals surface area (Å²) in [5.41, 5.74) is 2.97. The van der Waals surface area contributed by atoms with Crippen LogP contribution < -0.4 is 10.6 Å². The highest BCUT2D eigenvalue weighted by Gasteiger charge is 2.21. The van der Waals surface area contributed by atoms with E-state index in [0.29, 0.717) is 23.4 Å². The zero-order valence-corrected chi connectivity index (χ0v) is 20.7. The smallest absolute Gasteiger partial charge is 0.251 e. The maximum atomic E-state index is 13.0. The molecule has 6 nitrogen and oxygen atoms in total. The third kappa shape index (κ3) is 8.32. The second-order valence-electron chi connectivity index (χ2n) is 7.73. The summed E-state index contributed by atoms with van der Waals surface area (Å²) < 4.78 is 0. The minimum absolute atomic E-state index is 0. The molecule has 2 N–H and O–H groups in total. The largest absolute Gasteiger partial charge is 0.346 e. The van der Waals surface area contributed by atoms with E-state index in [9.17, 15) is 14.4 Å². The summed E-state index contributed by atoms with van der Waals surface area (Å²) in [5, 5.41) is 5.85. The van der Waals surface area contributed by atoms with Crippen molar-refractivity contribution in [3.8, 4) is 0 Å². The molecular weight excluding hydrogens is 470 g/mol. The van der Waals surface area contributed by atoms with Crippen LogP contribution in [0.15, 0.2) is 79.1 Å². The third-order valence-electron chi connectivity index (χ3n) is 5.13. The first-order chi connectivity index (χ1) is 15.9. The van der Waals surface area contributed by atoms with Gasteiger partial charge in [-0.1, -0.05) is 48.2 Å². The summed E-state index contributed by atoms with van der Waals surface area (Å²) >= 11 is 1.14. The maximum absolute atomic E-state index is 13.0. The van der Waals surface area contributed by atoms with E-state index in [4.69, 9.17) is 0 Å². The van der Waals surface area contributed by atoms with Crippen LogP contribution in [0.2, 0.25) is 0 Å². The highest BCUT2D eigenvalue weighted by molar-refractivity contribution is 8.13. The average Bonchev–Trinajstić information content (AvgIpc) is 2.83. The number of thioether (sulfide) groups is 1. The zero-order chi connectivity index (χ0) is 23.6. The van der Waals surface area contributed by atoms with Gasteiger partial charge in [-0.15, -0.1) is 12.4 Å². The Kier molecular flexibility index (Phi) is 10.8. The Morgan fingerprint density at radius 1 is 0.971 bits per heavy atom. The lowest BCUT2D eigenvalue weighted by molar-refractivity contribution is -0.119. The molecule has 0 saturated heterocycles. The molecule has 3 aromatic rings. The summed E-state index contributed by atoms with van der Waals surface area (Å²) in [6.07, 6.45) is 3.89. The maximum Gasteiger partial charge on any atom is 0.251 e. The Labute approximate surface area is 210 Å². The minimum Gasteiger partial charge on any atom is -0.346 e. The standard InChI is InChI=1S/C26H27N3O3S.ClH/c1-18(21-11-13-27-14-12-21)28-25(31)22-9-6-10-24(16-22)29-26(32)23(17-33-19(2)30)15-20-7-4-3-5-8-20;/h3-14,16,18,23H,15,17H2,1-2H3,(H,28,31)(H,29,32);1H. The van der Waals surface area contributed by atoms with Gasteiger partial charge in [0.25, 0.3) is 5.91 Å². The first-order valence-electron chi connectivity index (χ1n) is 10.7. The summed E-state index contributed by atoms with van der Waals surface area (Å²) in [4.78, 5) is 41.2. The van der Waals surface area contributed by atoms with Crippen molar-refractivity contribution in [3.63, 3.8) is 0 Å². The monoisotopic (exact) mass is 497 g/mol. The van der Waals surface area contributed by atoms with Crippen LogP contribution in [-0.2, 0) is 16.0 Å². The van der Waals surface area contributed by atoms with Gasteiger partial charge >= 0.3 is 0 Å². The summed E-state index contributed by atoms with van der Waals surface area (Å²) in [6.45, 7) is 3.40. The highest BCUT2D eigenvalue weighted by Crippen LogP contribution is 2.19. The number of rotatable bonds is 9. The molecule has 0 spiro atoms. The van der Waals surface area contributed by atoms with E-state index in [-0.39, 0.29) is 41.3 Å². The molecule has 1 heterocycles.